The molecule has 0 spiro atoms. The highest BCUT2D eigenvalue weighted by atomic mass is 16.5. The van der Waals surface area contributed by atoms with Gasteiger partial charge in [-0.2, -0.15) is 0 Å². The maximum absolute atomic E-state index is 6.32. The first kappa shape index (κ1) is 49.3. The second-order valence-corrected chi connectivity index (χ2v) is 16.8. The summed E-state index contributed by atoms with van der Waals surface area (Å²) in [5, 5.41) is 0. The highest BCUT2D eigenvalue weighted by Crippen LogP contribution is 2.40. The maximum atomic E-state index is 6.32. The number of hydrogen-bond acceptors (Lipinski definition) is 7. The minimum atomic E-state index is 0.295. The van der Waals surface area contributed by atoms with Crippen LogP contribution in [0.4, 0.5) is 22.7 Å². The monoisotopic (exact) mass is 835 g/mol. The molecule has 0 saturated carbocycles. The van der Waals surface area contributed by atoms with Crippen LogP contribution in [0.2, 0.25) is 0 Å². The molecule has 0 aliphatic heterocycles. The van der Waals surface area contributed by atoms with Crippen molar-refractivity contribution in [3.05, 3.63) is 107 Å². The SMILES string of the molecule is CCOc1cc(N(CC)CC)ccc1C(CCCCCCOCCCCCCC(c1ccc(N(C)C)cc1)c1ccc(N(CC)CC)cc1OCC)c1ccc(N(C)C)cc1. The number of nitrogens with zero attached hydrogens (tertiary/aromatic N) is 4. The van der Waals surface area contributed by atoms with Crippen molar-refractivity contribution in [3.63, 3.8) is 0 Å². The first-order chi connectivity index (χ1) is 29.7. The van der Waals surface area contributed by atoms with E-state index in [2.05, 4.69) is 174 Å². The summed E-state index contributed by atoms with van der Waals surface area (Å²) in [6, 6.07) is 32.0. The molecule has 336 valence electrons. The molecule has 61 heavy (non-hydrogen) atoms. The molecule has 0 bridgehead atoms. The smallest absolute Gasteiger partial charge is 0.125 e. The maximum Gasteiger partial charge on any atom is 0.125 e. The molecule has 0 N–H and O–H groups in total. The summed E-state index contributed by atoms with van der Waals surface area (Å²) in [4.78, 5) is 9.12. The van der Waals surface area contributed by atoms with Gasteiger partial charge >= 0.3 is 0 Å². The van der Waals surface area contributed by atoms with E-state index in [9.17, 15) is 0 Å². The van der Waals surface area contributed by atoms with Crippen molar-refractivity contribution in [2.45, 2.75) is 118 Å². The van der Waals surface area contributed by atoms with E-state index >= 15 is 0 Å². The van der Waals surface area contributed by atoms with Gasteiger partial charge in [0.2, 0.25) is 0 Å². The summed E-state index contributed by atoms with van der Waals surface area (Å²) >= 11 is 0. The lowest BCUT2D eigenvalue weighted by Gasteiger charge is -2.26. The zero-order valence-corrected chi connectivity index (χ0v) is 40.0. The Balaban J connectivity index is 1.25. The summed E-state index contributed by atoms with van der Waals surface area (Å²) in [6.45, 7) is 20.0. The van der Waals surface area contributed by atoms with Crippen LogP contribution < -0.4 is 29.1 Å². The third kappa shape index (κ3) is 14.9. The van der Waals surface area contributed by atoms with E-state index in [4.69, 9.17) is 14.2 Å². The molecule has 7 heteroatoms. The molecule has 7 nitrogen and oxygen atoms in total. The van der Waals surface area contributed by atoms with E-state index in [-0.39, 0.29) is 0 Å². The highest BCUT2D eigenvalue weighted by molar-refractivity contribution is 5.58. The second-order valence-electron chi connectivity index (χ2n) is 16.8. The average Bonchev–Trinajstić information content (AvgIpc) is 3.27. The molecule has 0 fully saturated rings. The van der Waals surface area contributed by atoms with Crippen molar-refractivity contribution in [1.29, 1.82) is 0 Å². The van der Waals surface area contributed by atoms with Gasteiger partial charge in [0.25, 0.3) is 0 Å². The first-order valence-corrected chi connectivity index (χ1v) is 23.8. The number of rotatable bonds is 30. The predicted octanol–water partition coefficient (Wildman–Crippen LogP) is 13.2. The van der Waals surface area contributed by atoms with Crippen LogP contribution in [0.1, 0.15) is 140 Å². The third-order valence-electron chi connectivity index (χ3n) is 12.3. The lowest BCUT2D eigenvalue weighted by molar-refractivity contribution is 0.125. The topological polar surface area (TPSA) is 40.7 Å². The predicted molar refractivity (Wildman–Crippen MR) is 265 cm³/mol. The first-order valence-electron chi connectivity index (χ1n) is 23.8. The molecule has 0 radical (unpaired) electrons. The van der Waals surface area contributed by atoms with E-state index in [0.717, 1.165) is 76.6 Å². The fraction of sp³-hybridized carbons (Fsp3) is 0.556. The summed E-state index contributed by atoms with van der Waals surface area (Å²) in [6.07, 6.45) is 11.6. The van der Waals surface area contributed by atoms with E-state index < -0.39 is 0 Å². The molecule has 2 unspecified atom stereocenters. The fourth-order valence-electron chi connectivity index (χ4n) is 8.68. The fourth-order valence-corrected chi connectivity index (χ4v) is 8.68. The third-order valence-corrected chi connectivity index (χ3v) is 12.3. The molecule has 0 saturated heterocycles. The highest BCUT2D eigenvalue weighted by Gasteiger charge is 2.22. The molecule has 4 rings (SSSR count). The summed E-state index contributed by atoms with van der Waals surface area (Å²) in [7, 11) is 8.41. The lowest BCUT2D eigenvalue weighted by Crippen LogP contribution is -2.22. The van der Waals surface area contributed by atoms with Gasteiger partial charge in [0.15, 0.2) is 0 Å². The largest absolute Gasteiger partial charge is 0.493 e. The standard InChI is InChI=1S/C54H82N4O3/c1-11-57(12-2)47-35-37-51(53(41-47)60-15-5)49(43-27-31-45(32-28-43)55(7)8)25-21-17-19-23-39-59-40-24-20-18-22-26-50(44-29-33-46(34-30-44)56(9)10)52-38-36-48(58(13-3)14-4)42-54(52)61-16-6/h27-38,41-42,49-50H,11-26,39-40H2,1-10H3. The number of ether oxygens (including phenoxy) is 3. The molecule has 2 atom stereocenters. The molecule has 0 aliphatic rings. The molecule has 0 aliphatic carbocycles. The molecule has 0 aromatic heterocycles. The number of unbranched alkanes of at least 4 members (excludes halogenated alkanes) is 6. The van der Waals surface area contributed by atoms with Crippen LogP contribution in [0.15, 0.2) is 84.9 Å². The molecular weight excluding hydrogens is 753 g/mol. The van der Waals surface area contributed by atoms with Gasteiger partial charge in [-0.05, 0) is 115 Å². The number of benzene rings is 4. The van der Waals surface area contributed by atoms with Gasteiger partial charge in [0.1, 0.15) is 11.5 Å². The van der Waals surface area contributed by atoms with Crippen molar-refractivity contribution in [2.24, 2.45) is 0 Å². The molecular formula is C54H82N4O3. The normalized spacial score (nSPS) is 12.2. The van der Waals surface area contributed by atoms with Crippen LogP contribution in [0.5, 0.6) is 11.5 Å². The molecule has 0 amide bonds. The van der Waals surface area contributed by atoms with Gasteiger partial charge in [0, 0.05) is 125 Å². The Labute approximate surface area is 372 Å². The average molecular weight is 835 g/mol. The van der Waals surface area contributed by atoms with Crippen molar-refractivity contribution < 1.29 is 14.2 Å². The van der Waals surface area contributed by atoms with Crippen LogP contribution in [0.3, 0.4) is 0 Å². The summed E-state index contributed by atoms with van der Waals surface area (Å²) in [5.74, 6) is 2.63. The quantitative estimate of drug-likeness (QED) is 0.0485. The summed E-state index contributed by atoms with van der Waals surface area (Å²) in [5.41, 5.74) is 10.2. The Morgan fingerprint density at radius 2 is 0.754 bits per heavy atom. The number of hydrogen-bond donors (Lipinski definition) is 0. The molecule has 4 aromatic carbocycles. The van der Waals surface area contributed by atoms with Crippen LogP contribution in [0.25, 0.3) is 0 Å². The van der Waals surface area contributed by atoms with E-state index in [1.165, 1.54) is 83.5 Å². The van der Waals surface area contributed by atoms with Crippen LogP contribution in [0, 0.1) is 0 Å². The van der Waals surface area contributed by atoms with Crippen molar-refractivity contribution in [3.8, 4) is 11.5 Å². The Kier molecular flexibility index (Phi) is 21.7. The minimum absolute atomic E-state index is 0.295. The Morgan fingerprint density at radius 1 is 0.410 bits per heavy atom. The van der Waals surface area contributed by atoms with Gasteiger partial charge in [0.05, 0.1) is 13.2 Å². The van der Waals surface area contributed by atoms with Crippen LogP contribution in [-0.2, 0) is 4.74 Å². The lowest BCUT2D eigenvalue weighted by atomic mass is 9.85. The van der Waals surface area contributed by atoms with Crippen molar-refractivity contribution in [1.82, 2.24) is 0 Å². The molecule has 4 aromatic rings. The molecule has 0 heterocycles. The van der Waals surface area contributed by atoms with E-state index in [1.807, 2.05) is 0 Å². The van der Waals surface area contributed by atoms with E-state index in [1.54, 1.807) is 0 Å². The zero-order chi connectivity index (χ0) is 44.0. The minimum Gasteiger partial charge on any atom is -0.493 e. The van der Waals surface area contributed by atoms with Gasteiger partial charge < -0.3 is 33.8 Å². The Hall–Kier alpha value is -4.36. The second kappa shape index (κ2) is 26.9. The van der Waals surface area contributed by atoms with Gasteiger partial charge in [-0.1, -0.05) is 74.9 Å². The van der Waals surface area contributed by atoms with Crippen LogP contribution >= 0.6 is 0 Å². The van der Waals surface area contributed by atoms with Crippen molar-refractivity contribution >= 4 is 22.7 Å². The Bertz CT molecular complexity index is 1650. The van der Waals surface area contributed by atoms with Gasteiger partial charge in [-0.15, -0.1) is 0 Å². The van der Waals surface area contributed by atoms with Crippen LogP contribution in [-0.4, -0.2) is 80.8 Å². The van der Waals surface area contributed by atoms with Gasteiger partial charge in [-0.25, -0.2) is 0 Å². The van der Waals surface area contributed by atoms with Crippen molar-refractivity contribution in [2.75, 3.05) is 100 Å². The zero-order valence-electron chi connectivity index (χ0n) is 40.0. The van der Waals surface area contributed by atoms with E-state index in [0.29, 0.717) is 25.0 Å². The number of anilines is 4. The summed E-state index contributed by atoms with van der Waals surface area (Å²) < 4.78 is 18.8. The van der Waals surface area contributed by atoms with Gasteiger partial charge in [-0.3, -0.25) is 0 Å². The Morgan fingerprint density at radius 3 is 1.08 bits per heavy atom.